The van der Waals surface area contributed by atoms with Crippen LogP contribution in [0.15, 0.2) is 48.0 Å². The predicted octanol–water partition coefficient (Wildman–Crippen LogP) is 3.78. The summed E-state index contributed by atoms with van der Waals surface area (Å²) in [6, 6.07) is 9.73. The van der Waals surface area contributed by atoms with Gasteiger partial charge in [-0.1, -0.05) is 0 Å². The molecule has 0 saturated carbocycles. The highest BCUT2D eigenvalue weighted by atomic mass is 19.1. The maximum Gasteiger partial charge on any atom is 0.269 e. The molecule has 0 amide bonds. The minimum absolute atomic E-state index is 0.0184. The van der Waals surface area contributed by atoms with Crippen LogP contribution < -0.4 is 4.74 Å². The number of benzene rings is 2. The standard InChI is InChI=1S/C17H12FNO4/c18-13-3-6-16-15(10-13)17(20)12(7-8-23-16)9-11-1-4-14(5-2-11)19(21)22/h1-6,9-10H,7-8H2/b12-9-. The van der Waals surface area contributed by atoms with E-state index in [1.807, 2.05) is 0 Å². The fourth-order valence-electron chi connectivity index (χ4n) is 2.39. The number of ketones is 1. The summed E-state index contributed by atoms with van der Waals surface area (Å²) in [4.78, 5) is 22.7. The van der Waals surface area contributed by atoms with Gasteiger partial charge in [-0.2, -0.15) is 0 Å². The Bertz CT molecular complexity index is 812. The molecule has 0 spiro atoms. The smallest absolute Gasteiger partial charge is 0.269 e. The number of carbonyl (C=O) groups is 1. The maximum absolute atomic E-state index is 13.4. The van der Waals surface area contributed by atoms with Crippen LogP contribution in [0.5, 0.6) is 5.75 Å². The summed E-state index contributed by atoms with van der Waals surface area (Å²) in [5.41, 5.74) is 1.31. The first kappa shape index (κ1) is 14.9. The molecule has 116 valence electrons. The fourth-order valence-corrected chi connectivity index (χ4v) is 2.39. The average molecular weight is 313 g/mol. The van der Waals surface area contributed by atoms with Crippen molar-refractivity contribution in [3.05, 3.63) is 75.1 Å². The minimum atomic E-state index is -0.503. The number of nitrogens with zero attached hydrogens (tertiary/aromatic N) is 1. The third kappa shape index (κ3) is 3.11. The lowest BCUT2D eigenvalue weighted by molar-refractivity contribution is -0.384. The van der Waals surface area contributed by atoms with E-state index in [9.17, 15) is 19.3 Å². The Morgan fingerprint density at radius 2 is 1.91 bits per heavy atom. The lowest BCUT2D eigenvalue weighted by atomic mass is 9.99. The number of hydrogen-bond donors (Lipinski definition) is 0. The number of carbonyl (C=O) groups excluding carboxylic acids is 1. The largest absolute Gasteiger partial charge is 0.492 e. The van der Waals surface area contributed by atoms with Crippen molar-refractivity contribution in [2.75, 3.05) is 6.61 Å². The second-order valence-electron chi connectivity index (χ2n) is 5.09. The number of rotatable bonds is 2. The van der Waals surface area contributed by atoms with Crippen LogP contribution in [-0.2, 0) is 0 Å². The summed E-state index contributed by atoms with van der Waals surface area (Å²) in [6.07, 6.45) is 2.03. The molecule has 6 heteroatoms. The van der Waals surface area contributed by atoms with Gasteiger partial charge in [0.2, 0.25) is 0 Å². The Balaban J connectivity index is 1.96. The predicted molar refractivity (Wildman–Crippen MR) is 81.9 cm³/mol. The number of fused-ring (bicyclic) bond motifs is 1. The summed E-state index contributed by atoms with van der Waals surface area (Å²) in [5.74, 6) is -0.434. The highest BCUT2D eigenvalue weighted by Crippen LogP contribution is 2.28. The van der Waals surface area contributed by atoms with Crippen molar-refractivity contribution in [1.82, 2.24) is 0 Å². The molecule has 0 aromatic heterocycles. The van der Waals surface area contributed by atoms with Crippen LogP contribution in [0.25, 0.3) is 6.08 Å². The van der Waals surface area contributed by atoms with Crippen LogP contribution in [0.4, 0.5) is 10.1 Å². The molecule has 2 aromatic rings. The van der Waals surface area contributed by atoms with Crippen molar-refractivity contribution in [3.63, 3.8) is 0 Å². The molecule has 23 heavy (non-hydrogen) atoms. The molecule has 2 aromatic carbocycles. The quantitative estimate of drug-likeness (QED) is 0.480. The highest BCUT2D eigenvalue weighted by Gasteiger charge is 2.21. The maximum atomic E-state index is 13.4. The molecule has 0 bridgehead atoms. The molecule has 0 atom stereocenters. The highest BCUT2D eigenvalue weighted by molar-refractivity contribution is 6.13. The second-order valence-corrected chi connectivity index (χ2v) is 5.09. The number of nitro benzene ring substituents is 1. The molecule has 1 aliphatic heterocycles. The summed E-state index contributed by atoms with van der Waals surface area (Å²) in [6.45, 7) is 0.309. The molecule has 1 aliphatic rings. The van der Waals surface area contributed by atoms with Crippen molar-refractivity contribution in [3.8, 4) is 5.75 Å². The van der Waals surface area contributed by atoms with Gasteiger partial charge in [0, 0.05) is 24.1 Å². The third-order valence-electron chi connectivity index (χ3n) is 3.55. The molecule has 5 nitrogen and oxygen atoms in total. The van der Waals surface area contributed by atoms with E-state index in [-0.39, 0.29) is 17.0 Å². The Kier molecular flexibility index (Phi) is 3.89. The Morgan fingerprint density at radius 1 is 1.17 bits per heavy atom. The lowest BCUT2D eigenvalue weighted by Crippen LogP contribution is -2.02. The number of halogens is 1. The van der Waals surface area contributed by atoms with Crippen molar-refractivity contribution in [2.45, 2.75) is 6.42 Å². The van der Waals surface area contributed by atoms with Crippen LogP contribution in [0.3, 0.4) is 0 Å². The number of non-ortho nitro benzene ring substituents is 1. The van der Waals surface area contributed by atoms with Gasteiger partial charge in [-0.3, -0.25) is 14.9 Å². The topological polar surface area (TPSA) is 69.4 Å². The summed E-state index contributed by atoms with van der Waals surface area (Å²) in [5, 5.41) is 10.7. The van der Waals surface area contributed by atoms with Crippen LogP contribution in [0.2, 0.25) is 0 Å². The van der Waals surface area contributed by atoms with Crippen LogP contribution in [-0.4, -0.2) is 17.3 Å². The first-order chi connectivity index (χ1) is 11.0. The van der Waals surface area contributed by atoms with Crippen LogP contribution in [0.1, 0.15) is 22.3 Å². The molecular weight excluding hydrogens is 301 g/mol. The van der Waals surface area contributed by atoms with Crippen molar-refractivity contribution < 1.29 is 18.8 Å². The molecule has 0 aliphatic carbocycles. The molecule has 0 radical (unpaired) electrons. The van der Waals surface area contributed by atoms with Gasteiger partial charge in [0.15, 0.2) is 5.78 Å². The molecule has 0 saturated heterocycles. The van der Waals surface area contributed by atoms with Gasteiger partial charge in [-0.05, 0) is 42.0 Å². The molecule has 0 unspecified atom stereocenters. The normalized spacial score (nSPS) is 15.7. The van der Waals surface area contributed by atoms with Gasteiger partial charge in [0.25, 0.3) is 5.69 Å². The molecular formula is C17H12FNO4. The van der Waals surface area contributed by atoms with E-state index in [0.717, 1.165) is 6.07 Å². The van der Waals surface area contributed by atoms with Gasteiger partial charge in [-0.15, -0.1) is 0 Å². The van der Waals surface area contributed by atoms with Gasteiger partial charge in [0.05, 0.1) is 17.1 Å². The van der Waals surface area contributed by atoms with E-state index in [1.54, 1.807) is 18.2 Å². The summed E-state index contributed by atoms with van der Waals surface area (Å²) < 4.78 is 18.9. The molecule has 1 heterocycles. The van der Waals surface area contributed by atoms with Crippen molar-refractivity contribution in [2.24, 2.45) is 0 Å². The average Bonchev–Trinajstić information content (AvgIpc) is 2.68. The lowest BCUT2D eigenvalue weighted by Gasteiger charge is -2.05. The minimum Gasteiger partial charge on any atom is -0.492 e. The fraction of sp³-hybridized carbons (Fsp3) is 0.118. The summed E-state index contributed by atoms with van der Waals surface area (Å²) >= 11 is 0. The number of hydrogen-bond acceptors (Lipinski definition) is 4. The molecule has 0 N–H and O–H groups in total. The second kappa shape index (κ2) is 6.00. The van der Waals surface area contributed by atoms with Crippen LogP contribution >= 0.6 is 0 Å². The zero-order valence-corrected chi connectivity index (χ0v) is 12.0. The van der Waals surface area contributed by atoms with Crippen molar-refractivity contribution in [1.29, 1.82) is 0 Å². The SMILES string of the molecule is O=C1/C(=C\c2ccc([N+](=O)[O-])cc2)CCOc2ccc(F)cc21. The van der Waals surface area contributed by atoms with E-state index in [2.05, 4.69) is 0 Å². The first-order valence-corrected chi connectivity index (χ1v) is 6.96. The van der Waals surface area contributed by atoms with E-state index in [1.165, 1.54) is 24.3 Å². The third-order valence-corrected chi connectivity index (χ3v) is 3.55. The summed E-state index contributed by atoms with van der Waals surface area (Å²) in [7, 11) is 0. The number of ether oxygens (including phenoxy) is 1. The monoisotopic (exact) mass is 313 g/mol. The Morgan fingerprint density at radius 3 is 2.61 bits per heavy atom. The van der Waals surface area contributed by atoms with E-state index in [0.29, 0.717) is 29.9 Å². The number of nitro groups is 1. The first-order valence-electron chi connectivity index (χ1n) is 6.96. The van der Waals surface area contributed by atoms with Crippen LogP contribution in [0, 0.1) is 15.9 Å². The molecule has 3 rings (SSSR count). The van der Waals surface area contributed by atoms with E-state index in [4.69, 9.17) is 4.74 Å². The van der Waals surface area contributed by atoms with Gasteiger partial charge < -0.3 is 4.74 Å². The van der Waals surface area contributed by atoms with Crippen molar-refractivity contribution >= 4 is 17.5 Å². The van der Waals surface area contributed by atoms with Gasteiger partial charge in [-0.25, -0.2) is 4.39 Å². The van der Waals surface area contributed by atoms with Gasteiger partial charge in [0.1, 0.15) is 11.6 Å². The van der Waals surface area contributed by atoms with E-state index < -0.39 is 10.7 Å². The molecule has 0 fully saturated rings. The zero-order chi connectivity index (χ0) is 16.4. The van der Waals surface area contributed by atoms with Gasteiger partial charge >= 0.3 is 0 Å². The Hall–Kier alpha value is -3.02. The van der Waals surface area contributed by atoms with E-state index >= 15 is 0 Å². The Labute approximate surface area is 131 Å². The number of Topliss-reactive ketones (excluding diaryl/α,β-unsaturated/α-hetero) is 1. The zero-order valence-electron chi connectivity index (χ0n) is 12.0.